The fraction of sp³-hybridized carbons (Fsp3) is 0.688. The molecule has 1 saturated heterocycles. The Labute approximate surface area is 132 Å². The molecule has 0 aliphatic carbocycles. The second kappa shape index (κ2) is 7.38. The van der Waals surface area contributed by atoms with Gasteiger partial charge in [-0.25, -0.2) is 0 Å². The van der Waals surface area contributed by atoms with Crippen LogP contribution in [-0.4, -0.2) is 48.9 Å². The van der Waals surface area contributed by atoms with Crippen LogP contribution in [0.5, 0.6) is 0 Å². The van der Waals surface area contributed by atoms with E-state index in [1.807, 2.05) is 4.90 Å². The highest BCUT2D eigenvalue weighted by Gasteiger charge is 2.39. The topological polar surface area (TPSA) is 35.6 Å². The molecule has 1 amide bonds. The number of nitrogens with one attached hydrogen (secondary N) is 1. The number of carbonyl (C=O) groups is 1. The van der Waals surface area contributed by atoms with Crippen molar-refractivity contribution in [2.45, 2.75) is 38.9 Å². The summed E-state index contributed by atoms with van der Waals surface area (Å²) in [4.78, 5) is 16.9. The van der Waals surface area contributed by atoms with Crippen LogP contribution in [0.4, 0.5) is 0 Å². The Balaban J connectivity index is 2.06. The van der Waals surface area contributed by atoms with Crippen molar-refractivity contribution in [2.24, 2.45) is 5.92 Å². The summed E-state index contributed by atoms with van der Waals surface area (Å²) >= 11 is 1.69. The fourth-order valence-electron chi connectivity index (χ4n) is 2.82. The van der Waals surface area contributed by atoms with E-state index in [1.165, 1.54) is 5.56 Å². The van der Waals surface area contributed by atoms with Gasteiger partial charge in [-0.1, -0.05) is 13.8 Å². The van der Waals surface area contributed by atoms with Gasteiger partial charge in [0.25, 0.3) is 0 Å². The molecule has 1 fully saturated rings. The zero-order valence-electron chi connectivity index (χ0n) is 13.5. The maximum absolute atomic E-state index is 12.7. The number of hydrogen-bond acceptors (Lipinski definition) is 4. The average Bonchev–Trinajstić information content (AvgIpc) is 3.00. The van der Waals surface area contributed by atoms with E-state index in [4.69, 9.17) is 0 Å². The maximum atomic E-state index is 12.7. The first kappa shape index (κ1) is 16.5. The number of thiophene rings is 1. The maximum Gasteiger partial charge on any atom is 0.241 e. The third-order valence-electron chi connectivity index (χ3n) is 3.82. The van der Waals surface area contributed by atoms with Gasteiger partial charge in [-0.05, 0) is 61.8 Å². The van der Waals surface area contributed by atoms with Crippen LogP contribution in [0.25, 0.3) is 0 Å². The van der Waals surface area contributed by atoms with Crippen molar-refractivity contribution in [3.8, 4) is 0 Å². The van der Waals surface area contributed by atoms with Gasteiger partial charge in [-0.15, -0.1) is 0 Å². The molecule has 118 valence electrons. The minimum absolute atomic E-state index is 0.0331. The molecule has 4 nitrogen and oxygen atoms in total. The van der Waals surface area contributed by atoms with E-state index >= 15 is 0 Å². The van der Waals surface area contributed by atoms with Gasteiger partial charge in [0.05, 0.1) is 6.04 Å². The van der Waals surface area contributed by atoms with E-state index in [2.05, 4.69) is 55.0 Å². The number of carbonyl (C=O) groups excluding carboxylic acids is 1. The van der Waals surface area contributed by atoms with Crippen molar-refractivity contribution in [2.75, 3.05) is 27.2 Å². The minimum atomic E-state index is -0.0331. The Morgan fingerprint density at radius 3 is 2.76 bits per heavy atom. The Hall–Kier alpha value is -0.910. The molecule has 2 atom stereocenters. The molecule has 0 saturated carbocycles. The molecular weight excluding hydrogens is 282 g/mol. The first-order valence-corrected chi connectivity index (χ1v) is 8.66. The summed E-state index contributed by atoms with van der Waals surface area (Å²) < 4.78 is 0. The molecule has 1 aromatic rings. The molecule has 0 radical (unpaired) electrons. The van der Waals surface area contributed by atoms with E-state index in [0.29, 0.717) is 5.92 Å². The molecule has 0 spiro atoms. The SMILES string of the molecule is CC(C)CC1NC(c2ccsc2)N(CCCN(C)C)C1=O. The lowest BCUT2D eigenvalue weighted by atomic mass is 10.0. The Kier molecular flexibility index (Phi) is 5.79. The van der Waals surface area contributed by atoms with E-state index in [1.54, 1.807) is 11.3 Å². The molecule has 0 aromatic carbocycles. The van der Waals surface area contributed by atoms with Crippen LogP contribution in [-0.2, 0) is 4.79 Å². The summed E-state index contributed by atoms with van der Waals surface area (Å²) in [7, 11) is 4.14. The summed E-state index contributed by atoms with van der Waals surface area (Å²) in [6.45, 7) is 6.17. The number of nitrogens with zero attached hydrogens (tertiary/aromatic N) is 2. The normalized spacial score (nSPS) is 22.8. The van der Waals surface area contributed by atoms with Gasteiger partial charge in [-0.2, -0.15) is 11.3 Å². The van der Waals surface area contributed by atoms with Gasteiger partial charge < -0.3 is 9.80 Å². The number of amides is 1. The molecule has 5 heteroatoms. The molecule has 1 aromatic heterocycles. The largest absolute Gasteiger partial charge is 0.321 e. The van der Waals surface area contributed by atoms with E-state index in [0.717, 1.165) is 25.9 Å². The van der Waals surface area contributed by atoms with E-state index in [-0.39, 0.29) is 18.1 Å². The Morgan fingerprint density at radius 1 is 1.43 bits per heavy atom. The number of rotatable bonds is 7. The standard InChI is InChI=1S/C16H27N3OS/c1-12(2)10-14-16(20)19(8-5-7-18(3)4)15(17-14)13-6-9-21-11-13/h6,9,11-12,14-15,17H,5,7-8,10H2,1-4H3. The zero-order valence-corrected chi connectivity index (χ0v) is 14.3. The van der Waals surface area contributed by atoms with Crippen LogP contribution in [0.3, 0.4) is 0 Å². The first-order valence-electron chi connectivity index (χ1n) is 7.72. The van der Waals surface area contributed by atoms with Crippen LogP contribution < -0.4 is 5.32 Å². The summed E-state index contributed by atoms with van der Waals surface area (Å²) in [6.07, 6.45) is 1.97. The third kappa shape index (κ3) is 4.28. The lowest BCUT2D eigenvalue weighted by molar-refractivity contribution is -0.130. The fourth-order valence-corrected chi connectivity index (χ4v) is 3.50. The van der Waals surface area contributed by atoms with Crippen LogP contribution in [0.15, 0.2) is 16.8 Å². The highest BCUT2D eigenvalue weighted by molar-refractivity contribution is 7.07. The predicted octanol–water partition coefficient (Wildman–Crippen LogP) is 2.54. The molecule has 2 unspecified atom stereocenters. The Bertz CT molecular complexity index is 444. The second-order valence-corrected chi connectivity index (χ2v) is 7.28. The van der Waals surface area contributed by atoms with E-state index < -0.39 is 0 Å². The van der Waals surface area contributed by atoms with Crippen molar-refractivity contribution >= 4 is 17.2 Å². The van der Waals surface area contributed by atoms with Crippen LogP contribution >= 0.6 is 11.3 Å². The molecule has 1 aliphatic heterocycles. The zero-order chi connectivity index (χ0) is 15.4. The third-order valence-corrected chi connectivity index (χ3v) is 4.52. The van der Waals surface area contributed by atoms with Crippen LogP contribution in [0, 0.1) is 5.92 Å². The molecule has 0 bridgehead atoms. The summed E-state index contributed by atoms with van der Waals surface area (Å²) in [5.74, 6) is 0.787. The monoisotopic (exact) mass is 309 g/mol. The van der Waals surface area contributed by atoms with Gasteiger partial charge in [-0.3, -0.25) is 10.1 Å². The van der Waals surface area contributed by atoms with Gasteiger partial charge in [0.1, 0.15) is 6.17 Å². The molecular formula is C16H27N3OS. The second-order valence-electron chi connectivity index (χ2n) is 6.50. The van der Waals surface area contributed by atoms with Crippen LogP contribution in [0.1, 0.15) is 38.4 Å². The molecule has 1 aliphatic rings. The summed E-state index contributed by atoms with van der Waals surface area (Å²) in [6, 6.07) is 2.08. The smallest absolute Gasteiger partial charge is 0.241 e. The lowest BCUT2D eigenvalue weighted by Gasteiger charge is -2.24. The van der Waals surface area contributed by atoms with Crippen molar-refractivity contribution < 1.29 is 4.79 Å². The van der Waals surface area contributed by atoms with Gasteiger partial charge in [0.2, 0.25) is 5.91 Å². The van der Waals surface area contributed by atoms with Gasteiger partial charge in [0, 0.05) is 6.54 Å². The van der Waals surface area contributed by atoms with Gasteiger partial charge >= 0.3 is 0 Å². The summed E-state index contributed by atoms with van der Waals surface area (Å²) in [5, 5.41) is 7.75. The Morgan fingerprint density at radius 2 is 2.19 bits per heavy atom. The highest BCUT2D eigenvalue weighted by atomic mass is 32.1. The van der Waals surface area contributed by atoms with Crippen molar-refractivity contribution in [1.82, 2.24) is 15.1 Å². The summed E-state index contributed by atoms with van der Waals surface area (Å²) in [5.41, 5.74) is 1.21. The molecule has 2 heterocycles. The van der Waals surface area contributed by atoms with Crippen LogP contribution in [0.2, 0.25) is 0 Å². The number of hydrogen-bond donors (Lipinski definition) is 1. The van der Waals surface area contributed by atoms with Crippen molar-refractivity contribution in [3.05, 3.63) is 22.4 Å². The van der Waals surface area contributed by atoms with Crippen molar-refractivity contribution in [1.29, 1.82) is 0 Å². The van der Waals surface area contributed by atoms with Crippen molar-refractivity contribution in [3.63, 3.8) is 0 Å². The molecule has 21 heavy (non-hydrogen) atoms. The quantitative estimate of drug-likeness (QED) is 0.841. The predicted molar refractivity (Wildman–Crippen MR) is 88.3 cm³/mol. The molecule has 1 N–H and O–H groups in total. The lowest BCUT2D eigenvalue weighted by Crippen LogP contribution is -2.33. The molecule has 2 rings (SSSR count). The minimum Gasteiger partial charge on any atom is -0.321 e. The van der Waals surface area contributed by atoms with E-state index in [9.17, 15) is 4.79 Å². The van der Waals surface area contributed by atoms with Gasteiger partial charge in [0.15, 0.2) is 0 Å². The average molecular weight is 309 g/mol. The highest BCUT2D eigenvalue weighted by Crippen LogP contribution is 2.29. The first-order chi connectivity index (χ1) is 9.99.